The highest BCUT2D eigenvalue weighted by Gasteiger charge is 2.10. The SMILES string of the molecule is CC(N)CCS(=O)Cc1c(Cl)cccc1Cl. The molecule has 1 rings (SSSR count). The molecule has 5 heteroatoms. The summed E-state index contributed by atoms with van der Waals surface area (Å²) in [5.74, 6) is 0.977. The second kappa shape index (κ2) is 6.60. The number of hydrogen-bond acceptors (Lipinski definition) is 2. The van der Waals surface area contributed by atoms with E-state index in [0.717, 1.165) is 12.0 Å². The summed E-state index contributed by atoms with van der Waals surface area (Å²) >= 11 is 12.0. The van der Waals surface area contributed by atoms with Crippen molar-refractivity contribution in [3.63, 3.8) is 0 Å². The first-order chi connectivity index (χ1) is 7.50. The highest BCUT2D eigenvalue weighted by atomic mass is 35.5. The van der Waals surface area contributed by atoms with E-state index < -0.39 is 10.8 Å². The number of hydrogen-bond donors (Lipinski definition) is 1. The van der Waals surface area contributed by atoms with Gasteiger partial charge in [-0.05, 0) is 25.5 Å². The molecule has 0 fully saturated rings. The van der Waals surface area contributed by atoms with Crippen LogP contribution in [0, 0.1) is 0 Å². The lowest BCUT2D eigenvalue weighted by Crippen LogP contribution is -2.18. The van der Waals surface area contributed by atoms with Crippen LogP contribution in [0.15, 0.2) is 18.2 Å². The fourth-order valence-corrected chi connectivity index (χ4v) is 3.32. The van der Waals surface area contributed by atoms with Crippen LogP contribution in [-0.4, -0.2) is 16.0 Å². The Morgan fingerprint density at radius 3 is 2.44 bits per heavy atom. The predicted molar refractivity (Wildman–Crippen MR) is 71.4 cm³/mol. The molecule has 0 aliphatic rings. The van der Waals surface area contributed by atoms with Gasteiger partial charge in [-0.2, -0.15) is 0 Å². The summed E-state index contributed by atoms with van der Waals surface area (Å²) in [6.45, 7) is 1.90. The van der Waals surface area contributed by atoms with Crippen molar-refractivity contribution in [2.75, 3.05) is 5.75 Å². The molecule has 0 aliphatic carbocycles. The summed E-state index contributed by atoms with van der Waals surface area (Å²) in [4.78, 5) is 0. The van der Waals surface area contributed by atoms with Crippen molar-refractivity contribution in [1.29, 1.82) is 0 Å². The molecule has 0 saturated heterocycles. The van der Waals surface area contributed by atoms with Gasteiger partial charge in [-0.3, -0.25) is 4.21 Å². The molecule has 1 aromatic carbocycles. The molecule has 0 amide bonds. The number of rotatable bonds is 5. The fraction of sp³-hybridized carbons (Fsp3) is 0.455. The minimum absolute atomic E-state index is 0.0747. The Bertz CT molecular complexity index is 362. The summed E-state index contributed by atoms with van der Waals surface area (Å²) in [6.07, 6.45) is 0.745. The Morgan fingerprint density at radius 2 is 1.94 bits per heavy atom. The topological polar surface area (TPSA) is 43.1 Å². The summed E-state index contributed by atoms with van der Waals surface area (Å²) < 4.78 is 11.8. The van der Waals surface area contributed by atoms with Crippen LogP contribution in [0.4, 0.5) is 0 Å². The van der Waals surface area contributed by atoms with Crippen molar-refractivity contribution in [2.45, 2.75) is 25.1 Å². The zero-order valence-electron chi connectivity index (χ0n) is 9.08. The van der Waals surface area contributed by atoms with E-state index in [1.807, 2.05) is 6.92 Å². The van der Waals surface area contributed by atoms with Gasteiger partial charge < -0.3 is 5.73 Å². The molecule has 0 aromatic heterocycles. The molecule has 0 heterocycles. The molecule has 0 saturated carbocycles. The Morgan fingerprint density at radius 1 is 1.38 bits per heavy atom. The van der Waals surface area contributed by atoms with Crippen molar-refractivity contribution in [2.24, 2.45) is 5.73 Å². The first kappa shape index (κ1) is 14.0. The van der Waals surface area contributed by atoms with Gasteiger partial charge in [0.1, 0.15) is 0 Å². The fourth-order valence-electron chi connectivity index (χ4n) is 1.22. The Labute approximate surface area is 109 Å². The van der Waals surface area contributed by atoms with Crippen LogP contribution in [0.25, 0.3) is 0 Å². The molecule has 0 radical (unpaired) electrons. The molecule has 90 valence electrons. The quantitative estimate of drug-likeness (QED) is 0.901. The Hall–Kier alpha value is -0.0900. The molecule has 2 N–H and O–H groups in total. The smallest absolute Gasteiger partial charge is 0.0515 e. The summed E-state index contributed by atoms with van der Waals surface area (Å²) in [7, 11) is -0.961. The van der Waals surface area contributed by atoms with Crippen LogP contribution in [0.3, 0.4) is 0 Å². The van der Waals surface area contributed by atoms with E-state index in [4.69, 9.17) is 28.9 Å². The predicted octanol–water partition coefficient (Wildman–Crippen LogP) is 2.98. The molecule has 0 bridgehead atoms. The normalized spacial score (nSPS) is 14.8. The third-order valence-corrected chi connectivity index (χ3v) is 4.18. The lowest BCUT2D eigenvalue weighted by Gasteiger charge is -2.08. The van der Waals surface area contributed by atoms with E-state index in [-0.39, 0.29) is 6.04 Å². The molecule has 1 aromatic rings. The Kier molecular flexibility index (Phi) is 5.76. The maximum Gasteiger partial charge on any atom is 0.0515 e. The third-order valence-electron chi connectivity index (χ3n) is 2.17. The van der Waals surface area contributed by atoms with Crippen LogP contribution in [0.5, 0.6) is 0 Å². The lowest BCUT2D eigenvalue weighted by atomic mass is 10.2. The van der Waals surface area contributed by atoms with Crippen LogP contribution in [0.1, 0.15) is 18.9 Å². The monoisotopic (exact) mass is 279 g/mol. The second-order valence-electron chi connectivity index (χ2n) is 3.75. The van der Waals surface area contributed by atoms with Gasteiger partial charge in [0.15, 0.2) is 0 Å². The highest BCUT2D eigenvalue weighted by molar-refractivity contribution is 7.84. The number of benzene rings is 1. The van der Waals surface area contributed by atoms with Crippen molar-refractivity contribution < 1.29 is 4.21 Å². The zero-order chi connectivity index (χ0) is 12.1. The molecule has 2 atom stereocenters. The zero-order valence-corrected chi connectivity index (χ0v) is 11.4. The molecule has 0 aliphatic heterocycles. The minimum Gasteiger partial charge on any atom is -0.328 e. The van der Waals surface area contributed by atoms with E-state index in [9.17, 15) is 4.21 Å². The van der Waals surface area contributed by atoms with Crippen LogP contribution in [-0.2, 0) is 16.6 Å². The van der Waals surface area contributed by atoms with Crippen molar-refractivity contribution in [3.8, 4) is 0 Å². The van der Waals surface area contributed by atoms with E-state index in [1.54, 1.807) is 18.2 Å². The van der Waals surface area contributed by atoms with E-state index in [1.165, 1.54) is 0 Å². The van der Waals surface area contributed by atoms with Gasteiger partial charge in [-0.25, -0.2) is 0 Å². The Balaban J connectivity index is 2.63. The van der Waals surface area contributed by atoms with E-state index >= 15 is 0 Å². The maximum atomic E-state index is 11.8. The van der Waals surface area contributed by atoms with Gasteiger partial charge >= 0.3 is 0 Å². The van der Waals surface area contributed by atoms with E-state index in [0.29, 0.717) is 21.6 Å². The summed E-state index contributed by atoms with van der Waals surface area (Å²) in [5.41, 5.74) is 6.37. The molecular formula is C11H15Cl2NOS. The third kappa shape index (κ3) is 4.42. The van der Waals surface area contributed by atoms with Crippen LogP contribution in [0.2, 0.25) is 10.0 Å². The van der Waals surface area contributed by atoms with Crippen molar-refractivity contribution in [1.82, 2.24) is 0 Å². The molecule has 16 heavy (non-hydrogen) atoms. The van der Waals surface area contributed by atoms with Gasteiger partial charge in [0.2, 0.25) is 0 Å². The molecule has 2 nitrogen and oxygen atoms in total. The van der Waals surface area contributed by atoms with Gasteiger partial charge in [-0.1, -0.05) is 29.3 Å². The van der Waals surface area contributed by atoms with Crippen molar-refractivity contribution in [3.05, 3.63) is 33.8 Å². The van der Waals surface area contributed by atoms with Crippen molar-refractivity contribution >= 4 is 34.0 Å². The molecule has 0 spiro atoms. The molecule has 2 unspecified atom stereocenters. The summed E-state index contributed by atoms with van der Waals surface area (Å²) in [5, 5.41) is 1.14. The average Bonchev–Trinajstić information content (AvgIpc) is 2.21. The number of halogens is 2. The van der Waals surface area contributed by atoms with Gasteiger partial charge in [0.05, 0.1) is 5.75 Å². The number of nitrogens with two attached hydrogens (primary N) is 1. The molecular weight excluding hydrogens is 265 g/mol. The standard InChI is InChI=1S/C11H15Cl2NOS/c1-8(14)5-6-16(15)7-9-10(12)3-2-4-11(9)13/h2-4,8H,5-7,14H2,1H3. The largest absolute Gasteiger partial charge is 0.328 e. The van der Waals surface area contributed by atoms with Crippen LogP contribution >= 0.6 is 23.2 Å². The lowest BCUT2D eigenvalue weighted by molar-refractivity contribution is 0.667. The minimum atomic E-state index is -0.961. The maximum absolute atomic E-state index is 11.8. The first-order valence-corrected chi connectivity index (χ1v) is 7.28. The van der Waals surface area contributed by atoms with E-state index in [2.05, 4.69) is 0 Å². The van der Waals surface area contributed by atoms with Gasteiger partial charge in [0, 0.05) is 38.2 Å². The highest BCUT2D eigenvalue weighted by Crippen LogP contribution is 2.25. The first-order valence-electron chi connectivity index (χ1n) is 5.04. The van der Waals surface area contributed by atoms with Crippen LogP contribution < -0.4 is 5.73 Å². The summed E-state index contributed by atoms with van der Waals surface area (Å²) in [6, 6.07) is 5.36. The average molecular weight is 280 g/mol. The van der Waals surface area contributed by atoms with Gasteiger partial charge in [0.25, 0.3) is 0 Å². The van der Waals surface area contributed by atoms with Gasteiger partial charge in [-0.15, -0.1) is 0 Å². The second-order valence-corrected chi connectivity index (χ2v) is 6.15.